The summed E-state index contributed by atoms with van der Waals surface area (Å²) < 4.78 is 7.00. The van der Waals surface area contributed by atoms with Gasteiger partial charge in [0.25, 0.3) is 0 Å². The molecule has 0 aliphatic carbocycles. The zero-order valence-corrected chi connectivity index (χ0v) is 14.8. The van der Waals surface area contributed by atoms with Gasteiger partial charge in [0, 0.05) is 43.9 Å². The van der Waals surface area contributed by atoms with Crippen molar-refractivity contribution in [3.8, 4) is 0 Å². The number of ether oxygens (including phenoxy) is 1. The van der Waals surface area contributed by atoms with Gasteiger partial charge in [0.2, 0.25) is 11.8 Å². The predicted molar refractivity (Wildman–Crippen MR) is 90.8 cm³/mol. The Hall–Kier alpha value is -1.93. The molecule has 7 nitrogen and oxygen atoms in total. The lowest BCUT2D eigenvalue weighted by atomic mass is 9.96. The van der Waals surface area contributed by atoms with Gasteiger partial charge in [0.05, 0.1) is 24.8 Å². The van der Waals surface area contributed by atoms with Crippen LogP contribution in [0.4, 0.5) is 0 Å². The van der Waals surface area contributed by atoms with E-state index in [-0.39, 0.29) is 17.7 Å². The van der Waals surface area contributed by atoms with Crippen LogP contribution in [0.2, 0.25) is 0 Å². The van der Waals surface area contributed by atoms with Crippen molar-refractivity contribution < 1.29 is 14.3 Å². The van der Waals surface area contributed by atoms with Crippen molar-refractivity contribution in [1.29, 1.82) is 0 Å². The van der Waals surface area contributed by atoms with Gasteiger partial charge in [-0.15, -0.1) is 11.3 Å². The molecular formula is C16H22N4O3S. The van der Waals surface area contributed by atoms with Gasteiger partial charge in [-0.25, -0.2) is 4.98 Å². The zero-order chi connectivity index (χ0) is 17.1. The number of hydrogen-bond donors (Lipinski definition) is 1. The molecule has 3 rings (SSSR count). The van der Waals surface area contributed by atoms with Crippen LogP contribution in [-0.4, -0.2) is 52.9 Å². The number of carbonyl (C=O) groups excluding carboxylic acids is 2. The summed E-state index contributed by atoms with van der Waals surface area (Å²) in [4.78, 5) is 32.6. The number of nitrogens with zero attached hydrogens (tertiary/aromatic N) is 3. The van der Waals surface area contributed by atoms with Crippen molar-refractivity contribution >= 4 is 28.1 Å². The fourth-order valence-electron chi connectivity index (χ4n) is 2.91. The Morgan fingerprint density at radius 2 is 2.33 bits per heavy atom. The standard InChI is InChI=1S/C16H22N4O3S/c1-11-8-20-10-13(18-16(20)24-11)7-17-15(22)12-3-4-14(21)19(9-12)5-6-23-2/h8,10,12H,3-7,9H2,1-2H3,(H,17,22). The van der Waals surface area contributed by atoms with E-state index in [9.17, 15) is 9.59 Å². The van der Waals surface area contributed by atoms with E-state index in [1.807, 2.05) is 23.7 Å². The summed E-state index contributed by atoms with van der Waals surface area (Å²) in [6.45, 7) is 3.95. The number of aromatic nitrogens is 2. The van der Waals surface area contributed by atoms with Crippen molar-refractivity contribution in [2.75, 3.05) is 26.8 Å². The summed E-state index contributed by atoms with van der Waals surface area (Å²) in [6, 6.07) is 0. The van der Waals surface area contributed by atoms with E-state index in [1.165, 1.54) is 4.88 Å². The number of imidazole rings is 1. The quantitative estimate of drug-likeness (QED) is 0.849. The van der Waals surface area contributed by atoms with Crippen LogP contribution in [-0.2, 0) is 20.9 Å². The molecule has 0 spiro atoms. The molecule has 1 fully saturated rings. The maximum absolute atomic E-state index is 12.4. The second-order valence-electron chi connectivity index (χ2n) is 6.05. The van der Waals surface area contributed by atoms with Crippen LogP contribution in [0, 0.1) is 12.8 Å². The molecule has 0 radical (unpaired) electrons. The van der Waals surface area contributed by atoms with E-state index in [2.05, 4.69) is 10.3 Å². The van der Waals surface area contributed by atoms with Gasteiger partial charge in [0.1, 0.15) is 0 Å². The third-order valence-corrected chi connectivity index (χ3v) is 5.11. The summed E-state index contributed by atoms with van der Waals surface area (Å²) in [5, 5.41) is 2.95. The molecule has 24 heavy (non-hydrogen) atoms. The molecule has 0 aromatic carbocycles. The van der Waals surface area contributed by atoms with Crippen molar-refractivity contribution in [2.45, 2.75) is 26.3 Å². The Kier molecular flexibility index (Phi) is 5.15. The lowest BCUT2D eigenvalue weighted by Crippen LogP contribution is -2.46. The molecule has 8 heteroatoms. The van der Waals surface area contributed by atoms with Gasteiger partial charge in [-0.3, -0.25) is 14.0 Å². The first-order valence-corrected chi connectivity index (χ1v) is 8.87. The number of carbonyl (C=O) groups is 2. The normalized spacial score (nSPS) is 18.3. The van der Waals surface area contributed by atoms with E-state index in [1.54, 1.807) is 23.3 Å². The van der Waals surface area contributed by atoms with Gasteiger partial charge >= 0.3 is 0 Å². The van der Waals surface area contributed by atoms with Crippen LogP contribution in [0.3, 0.4) is 0 Å². The van der Waals surface area contributed by atoms with E-state index in [0.29, 0.717) is 39.1 Å². The Morgan fingerprint density at radius 3 is 3.08 bits per heavy atom. The molecule has 0 bridgehead atoms. The molecule has 2 amide bonds. The predicted octanol–water partition coefficient (Wildman–Crippen LogP) is 1.21. The lowest BCUT2D eigenvalue weighted by Gasteiger charge is -2.31. The molecule has 2 aromatic rings. The SMILES string of the molecule is COCCN1CC(C(=O)NCc2cn3cc(C)sc3n2)CCC1=O. The van der Waals surface area contributed by atoms with E-state index >= 15 is 0 Å². The van der Waals surface area contributed by atoms with E-state index in [0.717, 1.165) is 10.7 Å². The molecule has 1 aliphatic heterocycles. The minimum Gasteiger partial charge on any atom is -0.383 e. The molecule has 130 valence electrons. The van der Waals surface area contributed by atoms with Gasteiger partial charge in [-0.05, 0) is 13.3 Å². The number of methoxy groups -OCH3 is 1. The Bertz CT molecular complexity index is 707. The highest BCUT2D eigenvalue weighted by Gasteiger charge is 2.29. The van der Waals surface area contributed by atoms with Crippen molar-refractivity contribution in [3.05, 3.63) is 23.0 Å². The van der Waals surface area contributed by atoms with Crippen LogP contribution in [0.5, 0.6) is 0 Å². The second kappa shape index (κ2) is 7.31. The Morgan fingerprint density at radius 1 is 1.50 bits per heavy atom. The largest absolute Gasteiger partial charge is 0.383 e. The van der Waals surface area contributed by atoms with E-state index < -0.39 is 0 Å². The van der Waals surface area contributed by atoms with Crippen LogP contribution in [0.1, 0.15) is 23.4 Å². The monoisotopic (exact) mass is 350 g/mol. The third kappa shape index (κ3) is 3.76. The van der Waals surface area contributed by atoms with Gasteiger partial charge < -0.3 is 15.0 Å². The number of thiazole rings is 1. The van der Waals surface area contributed by atoms with Gasteiger partial charge in [-0.2, -0.15) is 0 Å². The van der Waals surface area contributed by atoms with Crippen molar-refractivity contribution in [3.63, 3.8) is 0 Å². The topological polar surface area (TPSA) is 75.9 Å². The van der Waals surface area contributed by atoms with E-state index in [4.69, 9.17) is 4.74 Å². The summed E-state index contributed by atoms with van der Waals surface area (Å²) >= 11 is 1.63. The summed E-state index contributed by atoms with van der Waals surface area (Å²) in [5.41, 5.74) is 0.845. The van der Waals surface area contributed by atoms with Gasteiger partial charge in [0.15, 0.2) is 4.96 Å². The van der Waals surface area contributed by atoms with Crippen molar-refractivity contribution in [1.82, 2.24) is 19.6 Å². The fraction of sp³-hybridized carbons (Fsp3) is 0.562. The average molecular weight is 350 g/mol. The number of nitrogens with one attached hydrogen (secondary N) is 1. The summed E-state index contributed by atoms with van der Waals surface area (Å²) in [6.07, 6.45) is 4.99. The highest BCUT2D eigenvalue weighted by atomic mass is 32.1. The zero-order valence-electron chi connectivity index (χ0n) is 13.9. The van der Waals surface area contributed by atoms with Crippen molar-refractivity contribution in [2.24, 2.45) is 5.92 Å². The van der Waals surface area contributed by atoms with Crippen LogP contribution >= 0.6 is 11.3 Å². The number of likely N-dealkylation sites (tertiary alicyclic amines) is 1. The van der Waals surface area contributed by atoms with Crippen LogP contribution in [0.15, 0.2) is 12.4 Å². The fourth-order valence-corrected chi connectivity index (χ4v) is 3.74. The van der Waals surface area contributed by atoms with Crippen LogP contribution in [0.25, 0.3) is 4.96 Å². The Labute approximate surface area is 144 Å². The molecule has 2 aromatic heterocycles. The third-order valence-electron chi connectivity index (χ3n) is 4.20. The Balaban J connectivity index is 1.54. The minimum absolute atomic E-state index is 0.0162. The first kappa shape index (κ1) is 16.9. The first-order valence-electron chi connectivity index (χ1n) is 8.05. The number of fused-ring (bicyclic) bond motifs is 1. The second-order valence-corrected chi connectivity index (χ2v) is 7.26. The lowest BCUT2D eigenvalue weighted by molar-refractivity contribution is -0.138. The molecule has 1 saturated heterocycles. The molecular weight excluding hydrogens is 328 g/mol. The maximum Gasteiger partial charge on any atom is 0.225 e. The molecule has 3 heterocycles. The van der Waals surface area contributed by atoms with Crippen LogP contribution < -0.4 is 5.32 Å². The smallest absolute Gasteiger partial charge is 0.225 e. The van der Waals surface area contributed by atoms with Gasteiger partial charge in [-0.1, -0.05) is 0 Å². The molecule has 1 unspecified atom stereocenters. The molecule has 1 N–H and O–H groups in total. The highest BCUT2D eigenvalue weighted by Crippen LogP contribution is 2.19. The number of rotatable bonds is 6. The number of piperidine rings is 1. The maximum atomic E-state index is 12.4. The number of amides is 2. The summed E-state index contributed by atoms with van der Waals surface area (Å²) in [7, 11) is 1.61. The minimum atomic E-state index is -0.162. The first-order chi connectivity index (χ1) is 11.6. The number of hydrogen-bond acceptors (Lipinski definition) is 5. The molecule has 0 saturated carbocycles. The summed E-state index contributed by atoms with van der Waals surface area (Å²) in [5.74, 6) is -0.0798. The molecule has 1 aliphatic rings. The highest BCUT2D eigenvalue weighted by molar-refractivity contribution is 7.16. The average Bonchev–Trinajstić information content (AvgIpc) is 3.08. The molecule has 1 atom stereocenters. The number of aryl methyl sites for hydroxylation is 1.